The van der Waals surface area contributed by atoms with Crippen molar-refractivity contribution in [3.8, 4) is 11.5 Å². The maximum Gasteiger partial charge on any atom is 0.408 e. The number of carbonyl (C=O) groups excluding carboxylic acids is 3. The van der Waals surface area contributed by atoms with Crippen LogP contribution in [-0.2, 0) is 14.3 Å². The third kappa shape index (κ3) is 6.33. The van der Waals surface area contributed by atoms with Gasteiger partial charge in [0.2, 0.25) is 18.6 Å². The Balaban J connectivity index is 1.85. The van der Waals surface area contributed by atoms with Crippen molar-refractivity contribution in [2.75, 3.05) is 18.7 Å². The molecule has 1 aliphatic heterocycles. The van der Waals surface area contributed by atoms with Gasteiger partial charge in [-0.3, -0.25) is 9.59 Å². The number of carbonyl (C=O) groups is 3. The van der Waals surface area contributed by atoms with Gasteiger partial charge in [-0.2, -0.15) is 0 Å². The number of anilines is 1. The predicted octanol–water partition coefficient (Wildman–Crippen LogP) is 2.02. The molecule has 2 rings (SSSR count). The minimum atomic E-state index is -0.826. The fraction of sp³-hybridized carbons (Fsp3) is 0.526. The minimum Gasteiger partial charge on any atom is -0.454 e. The van der Waals surface area contributed by atoms with E-state index in [1.807, 2.05) is 0 Å². The average molecular weight is 393 g/mol. The Morgan fingerprint density at radius 3 is 2.46 bits per heavy atom. The van der Waals surface area contributed by atoms with Crippen molar-refractivity contribution in [1.82, 2.24) is 10.6 Å². The molecule has 28 heavy (non-hydrogen) atoms. The van der Waals surface area contributed by atoms with Crippen molar-refractivity contribution >= 4 is 23.6 Å². The zero-order valence-electron chi connectivity index (χ0n) is 16.8. The summed E-state index contributed by atoms with van der Waals surface area (Å²) in [6.07, 6.45) is -0.689. The quantitative estimate of drug-likeness (QED) is 0.681. The largest absolute Gasteiger partial charge is 0.454 e. The first-order valence-electron chi connectivity index (χ1n) is 9.02. The Kier molecular flexibility index (Phi) is 6.71. The van der Waals surface area contributed by atoms with Gasteiger partial charge in [-0.15, -0.1) is 0 Å². The Morgan fingerprint density at radius 2 is 1.82 bits per heavy atom. The Hall–Kier alpha value is -2.97. The molecule has 0 aromatic heterocycles. The van der Waals surface area contributed by atoms with Crippen LogP contribution in [0.3, 0.4) is 0 Å². The fourth-order valence-electron chi connectivity index (χ4n) is 2.43. The second-order valence-electron chi connectivity index (χ2n) is 7.70. The van der Waals surface area contributed by atoms with Crippen LogP contribution in [0.2, 0.25) is 0 Å². The number of hydrogen-bond donors (Lipinski definition) is 3. The van der Waals surface area contributed by atoms with Crippen LogP contribution in [-0.4, -0.2) is 42.9 Å². The number of fused-ring (bicyclic) bond motifs is 1. The Morgan fingerprint density at radius 1 is 1.14 bits per heavy atom. The van der Waals surface area contributed by atoms with Gasteiger partial charge in [0.15, 0.2) is 11.5 Å². The average Bonchev–Trinajstić information content (AvgIpc) is 3.03. The monoisotopic (exact) mass is 393 g/mol. The first-order valence-corrected chi connectivity index (χ1v) is 9.02. The van der Waals surface area contributed by atoms with Gasteiger partial charge < -0.3 is 30.2 Å². The maximum atomic E-state index is 12.4. The summed E-state index contributed by atoms with van der Waals surface area (Å²) >= 11 is 0. The second-order valence-corrected chi connectivity index (χ2v) is 7.70. The number of nitrogens with one attached hydrogen (secondary N) is 3. The van der Waals surface area contributed by atoms with Crippen LogP contribution >= 0.6 is 0 Å². The molecule has 1 unspecified atom stereocenters. The molecule has 154 valence electrons. The van der Waals surface area contributed by atoms with Gasteiger partial charge in [-0.1, -0.05) is 13.8 Å². The van der Waals surface area contributed by atoms with E-state index in [-0.39, 0.29) is 19.3 Å². The molecule has 1 aromatic carbocycles. The molecule has 0 spiro atoms. The first-order chi connectivity index (χ1) is 13.0. The molecule has 1 heterocycles. The van der Waals surface area contributed by atoms with Crippen molar-refractivity contribution in [3.63, 3.8) is 0 Å². The summed E-state index contributed by atoms with van der Waals surface area (Å²) in [5, 5.41) is 7.73. The topological polar surface area (TPSA) is 115 Å². The molecule has 0 radical (unpaired) electrons. The lowest BCUT2D eigenvalue weighted by Crippen LogP contribution is -2.52. The summed E-state index contributed by atoms with van der Waals surface area (Å²) in [5.74, 6) is 0.0840. The van der Waals surface area contributed by atoms with E-state index in [9.17, 15) is 14.4 Å². The van der Waals surface area contributed by atoms with Crippen LogP contribution in [0.5, 0.6) is 11.5 Å². The standard InChI is InChI=1S/C19H27N3O6/c1-11(2)16(22-18(25)28-19(3,4)5)17(24)20-9-15(23)21-12-6-7-13-14(8-12)27-10-26-13/h6-8,11,16H,9-10H2,1-5H3,(H,20,24)(H,21,23)(H,22,25). The third-order valence-corrected chi connectivity index (χ3v) is 3.70. The van der Waals surface area contributed by atoms with Gasteiger partial charge in [-0.25, -0.2) is 4.79 Å². The molecule has 0 aliphatic carbocycles. The number of ether oxygens (including phenoxy) is 3. The lowest BCUT2D eigenvalue weighted by Gasteiger charge is -2.25. The predicted molar refractivity (Wildman–Crippen MR) is 102 cm³/mol. The van der Waals surface area contributed by atoms with E-state index in [0.29, 0.717) is 17.2 Å². The van der Waals surface area contributed by atoms with Gasteiger partial charge in [0.1, 0.15) is 11.6 Å². The number of rotatable bonds is 6. The van der Waals surface area contributed by atoms with Gasteiger partial charge in [0, 0.05) is 11.8 Å². The lowest BCUT2D eigenvalue weighted by molar-refractivity contribution is -0.126. The molecule has 0 saturated heterocycles. The van der Waals surface area contributed by atoms with Crippen molar-refractivity contribution in [2.45, 2.75) is 46.3 Å². The number of amides is 3. The third-order valence-electron chi connectivity index (χ3n) is 3.70. The van der Waals surface area contributed by atoms with E-state index in [1.165, 1.54) is 0 Å². The van der Waals surface area contributed by atoms with E-state index in [1.54, 1.807) is 52.8 Å². The zero-order chi connectivity index (χ0) is 20.9. The Labute approximate surface area is 164 Å². The van der Waals surface area contributed by atoms with Crippen LogP contribution in [0.25, 0.3) is 0 Å². The smallest absolute Gasteiger partial charge is 0.408 e. The van der Waals surface area contributed by atoms with Crippen LogP contribution < -0.4 is 25.4 Å². The number of hydrogen-bond acceptors (Lipinski definition) is 6. The molecule has 1 atom stereocenters. The van der Waals surface area contributed by atoms with Crippen molar-refractivity contribution in [3.05, 3.63) is 18.2 Å². The molecule has 9 heteroatoms. The molecule has 0 fully saturated rings. The van der Waals surface area contributed by atoms with Gasteiger partial charge >= 0.3 is 6.09 Å². The highest BCUT2D eigenvalue weighted by Gasteiger charge is 2.27. The normalized spacial score (nSPS) is 13.6. The van der Waals surface area contributed by atoms with Crippen LogP contribution in [0, 0.1) is 5.92 Å². The van der Waals surface area contributed by atoms with Crippen LogP contribution in [0.4, 0.5) is 10.5 Å². The molecule has 1 aromatic rings. The lowest BCUT2D eigenvalue weighted by atomic mass is 10.0. The SMILES string of the molecule is CC(C)C(NC(=O)OC(C)(C)C)C(=O)NCC(=O)Nc1ccc2c(c1)OCO2. The van der Waals surface area contributed by atoms with Crippen LogP contribution in [0.15, 0.2) is 18.2 Å². The summed E-state index contributed by atoms with van der Waals surface area (Å²) < 4.78 is 15.6. The minimum absolute atomic E-state index is 0.143. The fourth-order valence-corrected chi connectivity index (χ4v) is 2.43. The summed E-state index contributed by atoms with van der Waals surface area (Å²) in [6, 6.07) is 4.18. The number of alkyl carbamates (subject to hydrolysis) is 1. The highest BCUT2D eigenvalue weighted by molar-refractivity contribution is 5.96. The highest BCUT2D eigenvalue weighted by Crippen LogP contribution is 2.34. The molecule has 1 aliphatic rings. The maximum absolute atomic E-state index is 12.4. The van der Waals surface area contributed by atoms with Gasteiger partial charge in [0.05, 0.1) is 6.54 Å². The Bertz CT molecular complexity index is 742. The van der Waals surface area contributed by atoms with Crippen molar-refractivity contribution in [2.24, 2.45) is 5.92 Å². The van der Waals surface area contributed by atoms with Crippen molar-refractivity contribution in [1.29, 1.82) is 0 Å². The number of benzene rings is 1. The van der Waals surface area contributed by atoms with E-state index in [0.717, 1.165) is 0 Å². The van der Waals surface area contributed by atoms with E-state index < -0.39 is 29.6 Å². The van der Waals surface area contributed by atoms with Gasteiger partial charge in [-0.05, 0) is 38.8 Å². The molecule has 0 bridgehead atoms. The zero-order valence-corrected chi connectivity index (χ0v) is 16.8. The molecular weight excluding hydrogens is 366 g/mol. The molecular formula is C19H27N3O6. The molecule has 9 nitrogen and oxygen atoms in total. The van der Waals surface area contributed by atoms with E-state index >= 15 is 0 Å². The summed E-state index contributed by atoms with van der Waals surface area (Å²) in [6.45, 7) is 8.67. The first kappa shape index (κ1) is 21.3. The van der Waals surface area contributed by atoms with E-state index in [4.69, 9.17) is 14.2 Å². The summed E-state index contributed by atoms with van der Waals surface area (Å²) in [4.78, 5) is 36.4. The molecule has 0 saturated carbocycles. The molecule has 3 N–H and O–H groups in total. The highest BCUT2D eigenvalue weighted by atomic mass is 16.7. The van der Waals surface area contributed by atoms with Crippen LogP contribution in [0.1, 0.15) is 34.6 Å². The summed E-state index contributed by atoms with van der Waals surface area (Å²) in [7, 11) is 0. The van der Waals surface area contributed by atoms with E-state index in [2.05, 4.69) is 16.0 Å². The summed E-state index contributed by atoms with van der Waals surface area (Å²) in [5.41, 5.74) is -0.150. The van der Waals surface area contributed by atoms with Crippen molar-refractivity contribution < 1.29 is 28.6 Å². The van der Waals surface area contributed by atoms with Gasteiger partial charge in [0.25, 0.3) is 0 Å². The molecule has 3 amide bonds. The second kappa shape index (κ2) is 8.81.